The average Bonchev–Trinajstić information content (AvgIpc) is 2.88. The first-order valence-electron chi connectivity index (χ1n) is 7.99. The van der Waals surface area contributed by atoms with E-state index < -0.39 is 11.8 Å². The van der Waals surface area contributed by atoms with Crippen molar-refractivity contribution in [2.75, 3.05) is 7.11 Å². The molecule has 0 spiro atoms. The van der Waals surface area contributed by atoms with Crippen LogP contribution in [-0.2, 0) is 20.9 Å². The van der Waals surface area contributed by atoms with Crippen LogP contribution in [-0.4, -0.2) is 28.9 Å². The van der Waals surface area contributed by atoms with Crippen LogP contribution in [0.4, 0.5) is 4.39 Å². The Kier molecular flexibility index (Phi) is 4.93. The SMILES string of the molecule is COC(=O)C1=C(C)N(Cc2cccnc2)C(=O)/C1=C\c1ccccc1F. The van der Waals surface area contributed by atoms with Crippen molar-refractivity contribution in [3.63, 3.8) is 0 Å². The van der Waals surface area contributed by atoms with E-state index in [1.54, 1.807) is 43.6 Å². The van der Waals surface area contributed by atoms with E-state index in [4.69, 9.17) is 4.74 Å². The van der Waals surface area contributed by atoms with Crippen molar-refractivity contribution in [2.24, 2.45) is 0 Å². The smallest absolute Gasteiger partial charge is 0.340 e. The molecular formula is C20H17FN2O3. The molecule has 2 aromatic rings. The van der Waals surface area contributed by atoms with Crippen LogP contribution in [0.15, 0.2) is 65.6 Å². The van der Waals surface area contributed by atoms with Crippen LogP contribution in [0.5, 0.6) is 0 Å². The third-order valence-electron chi connectivity index (χ3n) is 4.17. The Morgan fingerprint density at radius 1 is 1.27 bits per heavy atom. The van der Waals surface area contributed by atoms with Gasteiger partial charge in [-0.1, -0.05) is 24.3 Å². The fourth-order valence-electron chi connectivity index (χ4n) is 2.84. The highest BCUT2D eigenvalue weighted by Crippen LogP contribution is 2.33. The molecule has 3 rings (SSSR count). The molecule has 26 heavy (non-hydrogen) atoms. The molecule has 0 radical (unpaired) electrons. The zero-order valence-corrected chi connectivity index (χ0v) is 14.4. The van der Waals surface area contributed by atoms with Crippen molar-refractivity contribution in [3.05, 3.63) is 82.6 Å². The van der Waals surface area contributed by atoms with Gasteiger partial charge in [-0.2, -0.15) is 0 Å². The molecule has 0 N–H and O–H groups in total. The topological polar surface area (TPSA) is 59.5 Å². The molecule has 0 fully saturated rings. The maximum absolute atomic E-state index is 14.0. The molecule has 1 aliphatic heterocycles. The molecule has 0 saturated carbocycles. The number of ether oxygens (including phenoxy) is 1. The van der Waals surface area contributed by atoms with Crippen molar-refractivity contribution in [1.29, 1.82) is 0 Å². The number of aromatic nitrogens is 1. The van der Waals surface area contributed by atoms with Crippen LogP contribution >= 0.6 is 0 Å². The number of allylic oxidation sites excluding steroid dienone is 1. The van der Waals surface area contributed by atoms with Crippen LogP contribution in [0.1, 0.15) is 18.1 Å². The number of rotatable bonds is 4. The van der Waals surface area contributed by atoms with Gasteiger partial charge in [0.15, 0.2) is 0 Å². The second-order valence-corrected chi connectivity index (χ2v) is 5.78. The fraction of sp³-hybridized carbons (Fsp3) is 0.150. The Hall–Kier alpha value is -3.28. The Labute approximate surface area is 150 Å². The number of carbonyl (C=O) groups excluding carboxylic acids is 2. The zero-order chi connectivity index (χ0) is 18.7. The Balaban J connectivity index is 2.05. The predicted octanol–water partition coefficient (Wildman–Crippen LogP) is 3.09. The molecule has 1 aromatic carbocycles. The molecule has 132 valence electrons. The van der Waals surface area contributed by atoms with Crippen molar-refractivity contribution in [3.8, 4) is 0 Å². The number of nitrogens with zero attached hydrogens (tertiary/aromatic N) is 2. The first-order chi connectivity index (χ1) is 12.5. The lowest BCUT2D eigenvalue weighted by atomic mass is 10.0. The zero-order valence-electron chi connectivity index (χ0n) is 14.4. The summed E-state index contributed by atoms with van der Waals surface area (Å²) in [5.41, 5.74) is 1.77. The standard InChI is InChI=1S/C20H17FN2O3/c1-13-18(20(25)26-2)16(10-15-7-3-4-8-17(15)21)19(24)23(13)12-14-6-5-9-22-11-14/h3-11H,12H2,1-2H3/b16-10-. The van der Waals surface area contributed by atoms with E-state index in [-0.39, 0.29) is 29.2 Å². The number of benzene rings is 1. The highest BCUT2D eigenvalue weighted by molar-refractivity contribution is 6.16. The van der Waals surface area contributed by atoms with E-state index in [2.05, 4.69) is 4.98 Å². The highest BCUT2D eigenvalue weighted by Gasteiger charge is 2.37. The minimum Gasteiger partial charge on any atom is -0.465 e. The van der Waals surface area contributed by atoms with E-state index in [1.807, 2.05) is 6.07 Å². The van der Waals surface area contributed by atoms with Crippen LogP contribution < -0.4 is 0 Å². The van der Waals surface area contributed by atoms with Gasteiger partial charge in [0.05, 0.1) is 24.8 Å². The number of pyridine rings is 1. The second-order valence-electron chi connectivity index (χ2n) is 5.78. The number of hydrogen-bond donors (Lipinski definition) is 0. The molecule has 0 atom stereocenters. The van der Waals surface area contributed by atoms with Crippen LogP contribution in [0.25, 0.3) is 6.08 Å². The molecule has 0 unspecified atom stereocenters. The number of esters is 1. The molecular weight excluding hydrogens is 335 g/mol. The lowest BCUT2D eigenvalue weighted by molar-refractivity contribution is -0.136. The molecule has 6 heteroatoms. The number of methoxy groups -OCH3 is 1. The summed E-state index contributed by atoms with van der Waals surface area (Å²) in [6, 6.07) is 9.68. The summed E-state index contributed by atoms with van der Waals surface area (Å²) in [6.45, 7) is 1.93. The van der Waals surface area contributed by atoms with Gasteiger partial charge >= 0.3 is 5.97 Å². The van der Waals surface area contributed by atoms with Gasteiger partial charge in [0.1, 0.15) is 5.82 Å². The molecule has 0 saturated heterocycles. The van der Waals surface area contributed by atoms with Gasteiger partial charge in [-0.3, -0.25) is 9.78 Å². The fourth-order valence-corrected chi connectivity index (χ4v) is 2.84. The van der Waals surface area contributed by atoms with E-state index in [9.17, 15) is 14.0 Å². The van der Waals surface area contributed by atoms with E-state index in [0.717, 1.165) is 5.56 Å². The van der Waals surface area contributed by atoms with Gasteiger partial charge in [-0.05, 0) is 30.7 Å². The average molecular weight is 352 g/mol. The largest absolute Gasteiger partial charge is 0.465 e. The summed E-state index contributed by atoms with van der Waals surface area (Å²) < 4.78 is 18.8. The van der Waals surface area contributed by atoms with Gasteiger partial charge < -0.3 is 9.64 Å². The Morgan fingerprint density at radius 2 is 2.04 bits per heavy atom. The van der Waals surface area contributed by atoms with E-state index >= 15 is 0 Å². The minimum atomic E-state index is -0.632. The molecule has 0 aliphatic carbocycles. The summed E-state index contributed by atoms with van der Waals surface area (Å²) >= 11 is 0. The molecule has 1 aromatic heterocycles. The van der Waals surface area contributed by atoms with Crippen molar-refractivity contribution < 1.29 is 18.7 Å². The van der Waals surface area contributed by atoms with Gasteiger partial charge in [0.25, 0.3) is 5.91 Å². The number of hydrogen-bond acceptors (Lipinski definition) is 4. The van der Waals surface area contributed by atoms with Gasteiger partial charge in [0.2, 0.25) is 0 Å². The van der Waals surface area contributed by atoms with Gasteiger partial charge in [-0.15, -0.1) is 0 Å². The van der Waals surface area contributed by atoms with Crippen LogP contribution in [0, 0.1) is 5.82 Å². The Morgan fingerprint density at radius 3 is 2.69 bits per heavy atom. The van der Waals surface area contributed by atoms with Gasteiger partial charge in [0, 0.05) is 23.7 Å². The van der Waals surface area contributed by atoms with Crippen molar-refractivity contribution in [2.45, 2.75) is 13.5 Å². The molecule has 0 bridgehead atoms. The normalized spacial score (nSPS) is 15.7. The van der Waals surface area contributed by atoms with Crippen LogP contribution in [0.2, 0.25) is 0 Å². The highest BCUT2D eigenvalue weighted by atomic mass is 19.1. The summed E-state index contributed by atoms with van der Waals surface area (Å²) in [5.74, 6) is -1.48. The molecule has 1 amide bonds. The first kappa shape index (κ1) is 17.5. The first-order valence-corrected chi connectivity index (χ1v) is 7.99. The third-order valence-corrected chi connectivity index (χ3v) is 4.17. The molecule has 5 nitrogen and oxygen atoms in total. The van der Waals surface area contributed by atoms with Gasteiger partial charge in [-0.25, -0.2) is 9.18 Å². The number of carbonyl (C=O) groups is 2. The minimum absolute atomic E-state index is 0.114. The summed E-state index contributed by atoms with van der Waals surface area (Å²) in [6.07, 6.45) is 4.68. The number of amides is 1. The van der Waals surface area contributed by atoms with E-state index in [0.29, 0.717) is 5.70 Å². The van der Waals surface area contributed by atoms with Crippen molar-refractivity contribution >= 4 is 18.0 Å². The van der Waals surface area contributed by atoms with Crippen LogP contribution in [0.3, 0.4) is 0 Å². The predicted molar refractivity (Wildman–Crippen MR) is 93.9 cm³/mol. The quantitative estimate of drug-likeness (QED) is 0.627. The lowest BCUT2D eigenvalue weighted by Gasteiger charge is -2.17. The second kappa shape index (κ2) is 7.31. The lowest BCUT2D eigenvalue weighted by Crippen LogP contribution is -2.24. The summed E-state index contributed by atoms with van der Waals surface area (Å²) in [4.78, 5) is 30.7. The third kappa shape index (κ3) is 3.26. The monoisotopic (exact) mass is 352 g/mol. The Bertz CT molecular complexity index is 920. The number of halogens is 1. The molecule has 2 heterocycles. The van der Waals surface area contributed by atoms with E-state index in [1.165, 1.54) is 24.2 Å². The maximum atomic E-state index is 14.0. The maximum Gasteiger partial charge on any atom is 0.340 e. The summed E-state index contributed by atoms with van der Waals surface area (Å²) in [7, 11) is 1.25. The molecule has 1 aliphatic rings. The van der Waals surface area contributed by atoms with Crippen molar-refractivity contribution in [1.82, 2.24) is 9.88 Å². The summed E-state index contributed by atoms with van der Waals surface area (Å²) in [5, 5.41) is 0.